The number of aryl methyl sites for hydroxylation is 1. The average molecular weight is 441 g/mol. The molecule has 0 saturated carbocycles. The van der Waals surface area contributed by atoms with Gasteiger partial charge in [-0.1, -0.05) is 18.2 Å². The van der Waals surface area contributed by atoms with Crippen molar-refractivity contribution in [3.05, 3.63) is 47.1 Å². The number of piperidine rings is 1. The van der Waals surface area contributed by atoms with Gasteiger partial charge in [-0.3, -0.25) is 9.59 Å². The summed E-state index contributed by atoms with van der Waals surface area (Å²) in [6.07, 6.45) is 6.10. The summed E-state index contributed by atoms with van der Waals surface area (Å²) in [6.45, 7) is 3.20. The molecule has 0 radical (unpaired) electrons. The third-order valence-corrected chi connectivity index (χ3v) is 7.15. The lowest BCUT2D eigenvalue weighted by Gasteiger charge is -2.35. The van der Waals surface area contributed by atoms with Gasteiger partial charge in [-0.25, -0.2) is 9.97 Å². The third kappa shape index (κ3) is 3.83. The summed E-state index contributed by atoms with van der Waals surface area (Å²) in [4.78, 5) is 36.8. The number of rotatable bonds is 5. The molecule has 0 unspecified atom stereocenters. The average Bonchev–Trinajstić information content (AvgIpc) is 3.49. The lowest BCUT2D eigenvalue weighted by molar-refractivity contribution is -0.150. The van der Waals surface area contributed by atoms with Crippen molar-refractivity contribution < 1.29 is 19.4 Å². The maximum absolute atomic E-state index is 13.1. The van der Waals surface area contributed by atoms with E-state index in [9.17, 15) is 14.7 Å². The normalized spacial score (nSPS) is 27.6. The number of hydrogen-bond donors (Lipinski definition) is 2. The first kappa shape index (κ1) is 20.1. The third-order valence-electron chi connectivity index (χ3n) is 6.32. The van der Waals surface area contributed by atoms with E-state index in [1.165, 1.54) is 0 Å². The van der Waals surface area contributed by atoms with Crippen LogP contribution in [0.4, 0.5) is 10.9 Å². The molecule has 0 spiro atoms. The number of carbonyl (C=O) groups excluding carboxylic acids is 1. The minimum Gasteiger partial charge on any atom is -0.481 e. The molecule has 1 amide bonds. The molecule has 2 N–H and O–H groups in total. The number of aromatic nitrogens is 2. The summed E-state index contributed by atoms with van der Waals surface area (Å²) in [5.41, 5.74) is 1.000. The van der Waals surface area contributed by atoms with Gasteiger partial charge in [0.2, 0.25) is 5.91 Å². The van der Waals surface area contributed by atoms with Crippen molar-refractivity contribution in [2.45, 2.75) is 37.9 Å². The largest absolute Gasteiger partial charge is 0.481 e. The van der Waals surface area contributed by atoms with Crippen molar-refractivity contribution in [3.8, 4) is 0 Å². The number of anilines is 2. The van der Waals surface area contributed by atoms with Gasteiger partial charge >= 0.3 is 5.97 Å². The maximum Gasteiger partial charge on any atom is 0.310 e. The van der Waals surface area contributed by atoms with Gasteiger partial charge in [-0.15, -0.1) is 11.3 Å². The number of nitrogens with one attached hydrogen (secondary N) is 1. The second kappa shape index (κ2) is 8.05. The van der Waals surface area contributed by atoms with Crippen molar-refractivity contribution in [3.63, 3.8) is 0 Å². The summed E-state index contributed by atoms with van der Waals surface area (Å²) in [6, 6.07) is 5.93. The lowest BCUT2D eigenvalue weighted by Crippen LogP contribution is -2.47. The molecule has 3 aliphatic rings. The van der Waals surface area contributed by atoms with Crippen molar-refractivity contribution in [1.29, 1.82) is 0 Å². The fourth-order valence-electron chi connectivity index (χ4n) is 4.77. The van der Waals surface area contributed by atoms with E-state index in [1.54, 1.807) is 22.3 Å². The maximum atomic E-state index is 13.1. The molecule has 2 fully saturated rings. The van der Waals surface area contributed by atoms with E-state index in [1.807, 2.05) is 37.4 Å². The molecule has 2 bridgehead atoms. The highest BCUT2D eigenvalue weighted by Crippen LogP contribution is 2.41. The number of hydrogen-bond acceptors (Lipinski definition) is 7. The van der Waals surface area contributed by atoms with Crippen LogP contribution < -0.4 is 5.32 Å². The molecule has 5 heterocycles. The minimum absolute atomic E-state index is 0.106. The molecule has 4 atom stereocenters. The molecule has 3 aliphatic heterocycles. The summed E-state index contributed by atoms with van der Waals surface area (Å²) in [5.74, 6) is -1.47. The molecular formula is C22H24N4O4S. The number of thiazole rings is 1. The summed E-state index contributed by atoms with van der Waals surface area (Å²) in [7, 11) is 0. The zero-order valence-electron chi connectivity index (χ0n) is 17.1. The molecular weight excluding hydrogens is 416 g/mol. The standard InChI is InChI=1S/C22H24N4O4S/c1-12-11-23-22(31-12)25-17-4-2-3-14(24-17)13-7-9-26(10-8-13)20(27)18-15-5-6-16(30-15)19(18)21(28)29/h2-6,11,13,15-16,18-19H,7-10H2,1H3,(H,28,29)(H,23,24,25)/t15-,16+,18-,19+/m0/s1. The van der Waals surface area contributed by atoms with Gasteiger partial charge in [0.15, 0.2) is 5.13 Å². The fourth-order valence-corrected chi connectivity index (χ4v) is 5.45. The van der Waals surface area contributed by atoms with E-state index in [2.05, 4.69) is 10.3 Å². The van der Waals surface area contributed by atoms with E-state index in [4.69, 9.17) is 9.72 Å². The Morgan fingerprint density at radius 3 is 2.61 bits per heavy atom. The fraction of sp³-hybridized carbons (Fsp3) is 0.455. The van der Waals surface area contributed by atoms with Crippen molar-refractivity contribution in [2.75, 3.05) is 18.4 Å². The monoisotopic (exact) mass is 440 g/mol. The van der Waals surface area contributed by atoms with Crippen molar-refractivity contribution in [2.24, 2.45) is 11.8 Å². The highest BCUT2D eigenvalue weighted by molar-refractivity contribution is 7.15. The Morgan fingerprint density at radius 2 is 1.94 bits per heavy atom. The highest BCUT2D eigenvalue weighted by Gasteiger charge is 2.54. The molecule has 2 aromatic heterocycles. The minimum atomic E-state index is -0.964. The molecule has 2 aromatic rings. The van der Waals surface area contributed by atoms with Crippen LogP contribution in [0.15, 0.2) is 36.5 Å². The topological polar surface area (TPSA) is 105 Å². The smallest absolute Gasteiger partial charge is 0.310 e. The van der Waals surface area contributed by atoms with Crippen LogP contribution in [0.3, 0.4) is 0 Å². The van der Waals surface area contributed by atoms with Gasteiger partial charge in [0.05, 0.1) is 18.1 Å². The number of fused-ring (bicyclic) bond motifs is 2. The number of nitrogens with zero attached hydrogens (tertiary/aromatic N) is 3. The highest BCUT2D eigenvalue weighted by atomic mass is 32.1. The van der Waals surface area contributed by atoms with Crippen LogP contribution in [0.5, 0.6) is 0 Å². The molecule has 5 rings (SSSR count). The number of amides is 1. The van der Waals surface area contributed by atoms with Crippen LogP contribution in [0, 0.1) is 18.8 Å². The summed E-state index contributed by atoms with van der Waals surface area (Å²) < 4.78 is 5.66. The molecule has 0 aliphatic carbocycles. The van der Waals surface area contributed by atoms with Gasteiger partial charge in [-0.05, 0) is 31.9 Å². The quantitative estimate of drug-likeness (QED) is 0.689. The van der Waals surface area contributed by atoms with E-state index in [-0.39, 0.29) is 11.8 Å². The van der Waals surface area contributed by atoms with E-state index < -0.39 is 30.0 Å². The summed E-state index contributed by atoms with van der Waals surface area (Å²) in [5, 5.41) is 13.6. The Balaban J connectivity index is 1.23. The van der Waals surface area contributed by atoms with E-state index in [0.29, 0.717) is 13.1 Å². The first-order valence-electron chi connectivity index (χ1n) is 10.5. The van der Waals surface area contributed by atoms with Gasteiger partial charge in [0.25, 0.3) is 0 Å². The predicted molar refractivity (Wildman–Crippen MR) is 115 cm³/mol. The van der Waals surface area contributed by atoms with Crippen LogP contribution in [0.25, 0.3) is 0 Å². The molecule has 9 heteroatoms. The Hall–Kier alpha value is -2.78. The van der Waals surface area contributed by atoms with Gasteiger partial charge in [0.1, 0.15) is 11.7 Å². The van der Waals surface area contributed by atoms with Crippen molar-refractivity contribution >= 4 is 34.2 Å². The van der Waals surface area contributed by atoms with Crippen molar-refractivity contribution in [1.82, 2.24) is 14.9 Å². The Bertz CT molecular complexity index is 1030. The number of carboxylic acids is 1. The van der Waals surface area contributed by atoms with E-state index >= 15 is 0 Å². The molecule has 162 valence electrons. The summed E-state index contributed by atoms with van der Waals surface area (Å²) >= 11 is 1.58. The first-order chi connectivity index (χ1) is 15.0. The predicted octanol–water partition coefficient (Wildman–Crippen LogP) is 2.95. The number of carbonyl (C=O) groups is 2. The second-order valence-electron chi connectivity index (χ2n) is 8.29. The van der Waals surface area contributed by atoms with Gasteiger partial charge in [-0.2, -0.15) is 0 Å². The van der Waals surface area contributed by atoms with Crippen LogP contribution in [-0.4, -0.2) is 57.1 Å². The zero-order chi connectivity index (χ0) is 21.5. The van der Waals surface area contributed by atoms with E-state index in [0.717, 1.165) is 34.4 Å². The van der Waals surface area contributed by atoms with Gasteiger partial charge in [0, 0.05) is 35.8 Å². The lowest BCUT2D eigenvalue weighted by atomic mass is 9.81. The van der Waals surface area contributed by atoms with Crippen LogP contribution >= 0.6 is 11.3 Å². The Morgan fingerprint density at radius 1 is 1.19 bits per heavy atom. The molecule has 2 saturated heterocycles. The number of carboxylic acid groups (broad SMARTS) is 1. The van der Waals surface area contributed by atoms with Crippen LogP contribution in [0.1, 0.15) is 29.3 Å². The Kier molecular flexibility index (Phi) is 5.23. The number of pyridine rings is 1. The van der Waals surface area contributed by atoms with Gasteiger partial charge < -0.3 is 20.1 Å². The second-order valence-corrected chi connectivity index (χ2v) is 9.52. The SMILES string of the molecule is Cc1cnc(Nc2cccc(C3CCN(C(=O)[C@@H]4[C@H](C(=O)O)[C@H]5C=C[C@@H]4O5)CC3)n2)s1. The Labute approximate surface area is 184 Å². The first-order valence-corrected chi connectivity index (χ1v) is 11.3. The van der Waals surface area contributed by atoms with Crippen LogP contribution in [0.2, 0.25) is 0 Å². The zero-order valence-corrected chi connectivity index (χ0v) is 17.9. The molecule has 8 nitrogen and oxygen atoms in total. The van der Waals surface area contributed by atoms with Crippen LogP contribution in [-0.2, 0) is 14.3 Å². The number of ether oxygens (including phenoxy) is 1. The number of likely N-dealkylation sites (tertiary alicyclic amines) is 1. The molecule has 0 aromatic carbocycles. The molecule has 31 heavy (non-hydrogen) atoms. The number of aliphatic carboxylic acids is 1.